The van der Waals surface area contributed by atoms with Crippen LogP contribution in [0.5, 0.6) is 0 Å². The highest BCUT2D eigenvalue weighted by Crippen LogP contribution is 2.34. The van der Waals surface area contributed by atoms with Crippen LogP contribution in [0.1, 0.15) is 27.1 Å². The summed E-state index contributed by atoms with van der Waals surface area (Å²) in [7, 11) is 0. The van der Waals surface area contributed by atoms with Crippen molar-refractivity contribution in [2.24, 2.45) is 0 Å². The number of carbonyl (C=O) groups excluding carboxylic acids is 2. The molecule has 2 aromatic heterocycles. The van der Waals surface area contributed by atoms with Crippen molar-refractivity contribution >= 4 is 34.4 Å². The molecule has 0 saturated carbocycles. The van der Waals surface area contributed by atoms with Crippen LogP contribution in [0.15, 0.2) is 73.1 Å². The molecule has 1 aliphatic rings. The summed E-state index contributed by atoms with van der Waals surface area (Å²) in [6.45, 7) is 0.838. The van der Waals surface area contributed by atoms with Gasteiger partial charge in [-0.15, -0.1) is 0 Å². The van der Waals surface area contributed by atoms with Crippen LogP contribution in [0.3, 0.4) is 0 Å². The van der Waals surface area contributed by atoms with Gasteiger partial charge in [-0.1, -0.05) is 12.1 Å². The number of imide groups is 1. The average molecular weight is 552 g/mol. The first kappa shape index (κ1) is 21.4. The minimum Gasteiger partial charge on any atom is -0.319 e. The molecule has 8 heteroatoms. The molecule has 5 rings (SSSR count). The van der Waals surface area contributed by atoms with Crippen molar-refractivity contribution in [2.75, 3.05) is 6.54 Å². The number of rotatable bonds is 6. The Kier molecular flexibility index (Phi) is 5.76. The van der Waals surface area contributed by atoms with Crippen LogP contribution in [0.2, 0.25) is 0 Å². The Balaban J connectivity index is 1.44. The summed E-state index contributed by atoms with van der Waals surface area (Å²) in [6, 6.07) is 17.0. The second-order valence-electron chi connectivity index (χ2n) is 7.63. The van der Waals surface area contributed by atoms with Crippen molar-refractivity contribution in [3.63, 3.8) is 0 Å². The zero-order valence-corrected chi connectivity index (χ0v) is 19.6. The van der Waals surface area contributed by atoms with E-state index < -0.39 is 0 Å². The van der Waals surface area contributed by atoms with Crippen molar-refractivity contribution in [2.45, 2.75) is 13.0 Å². The number of fused-ring (bicyclic) bond motifs is 1. The molecule has 0 atom stereocenters. The highest BCUT2D eigenvalue weighted by atomic mass is 127. The van der Waals surface area contributed by atoms with Crippen LogP contribution >= 0.6 is 22.6 Å². The molecule has 0 saturated heterocycles. The van der Waals surface area contributed by atoms with Gasteiger partial charge in [-0.05, 0) is 77.5 Å². The van der Waals surface area contributed by atoms with Crippen LogP contribution in [-0.4, -0.2) is 37.8 Å². The Morgan fingerprint density at radius 3 is 2.09 bits per heavy atom. The molecule has 0 N–H and O–H groups in total. The Bertz CT molecular complexity index is 1320. The molecule has 33 heavy (non-hydrogen) atoms. The Hall–Kier alpha value is -3.40. The molecule has 1 aliphatic heterocycles. The lowest BCUT2D eigenvalue weighted by Gasteiger charge is -2.16. The summed E-state index contributed by atoms with van der Waals surface area (Å²) in [5, 5.41) is 0. The molecule has 0 spiro atoms. The summed E-state index contributed by atoms with van der Waals surface area (Å²) in [5.41, 5.74) is 4.26. The van der Waals surface area contributed by atoms with Gasteiger partial charge < -0.3 is 4.57 Å². The van der Waals surface area contributed by atoms with Gasteiger partial charge in [-0.2, -0.15) is 0 Å². The van der Waals surface area contributed by atoms with Gasteiger partial charge in [-0.25, -0.2) is 9.37 Å². The summed E-state index contributed by atoms with van der Waals surface area (Å²) in [5.74, 6) is -0.824. The van der Waals surface area contributed by atoms with Crippen molar-refractivity contribution in [3.05, 3.63) is 93.8 Å². The number of pyridine rings is 1. The number of nitrogens with zero attached hydrogens (tertiary/aromatic N) is 4. The maximum atomic E-state index is 13.6. The van der Waals surface area contributed by atoms with E-state index in [2.05, 4.69) is 27.6 Å². The standard InChI is InChI=1S/C25H18FIN4O2/c26-18-8-6-17(7-9-18)22-21(16-10-12-28-13-11-16)29-25(27)30(22)14-3-15-31-23(32)19-4-1-2-5-20(19)24(31)33/h1-2,4-13H,3,14-15H2. The number of hydrogen-bond donors (Lipinski definition) is 0. The molecule has 0 aliphatic carbocycles. The highest BCUT2D eigenvalue weighted by Gasteiger charge is 2.34. The van der Waals surface area contributed by atoms with E-state index in [-0.39, 0.29) is 17.6 Å². The third-order valence-corrected chi connectivity index (χ3v) is 6.46. The second kappa shape index (κ2) is 8.86. The minimum atomic E-state index is -0.310. The lowest BCUT2D eigenvalue weighted by Crippen LogP contribution is -2.31. The highest BCUT2D eigenvalue weighted by molar-refractivity contribution is 14.1. The van der Waals surface area contributed by atoms with Gasteiger partial charge in [-0.3, -0.25) is 19.5 Å². The van der Waals surface area contributed by atoms with Gasteiger partial charge in [0.15, 0.2) is 3.83 Å². The van der Waals surface area contributed by atoms with Gasteiger partial charge >= 0.3 is 0 Å². The van der Waals surface area contributed by atoms with Crippen LogP contribution in [0.4, 0.5) is 4.39 Å². The fourth-order valence-electron chi connectivity index (χ4n) is 4.07. The third kappa shape index (κ3) is 3.95. The van der Waals surface area contributed by atoms with Crippen molar-refractivity contribution < 1.29 is 14.0 Å². The molecule has 6 nitrogen and oxygen atoms in total. The number of halogens is 2. The largest absolute Gasteiger partial charge is 0.319 e. The van der Waals surface area contributed by atoms with E-state index in [0.29, 0.717) is 30.6 Å². The number of amides is 2. The molecule has 4 aromatic rings. The molecule has 0 fully saturated rings. The Morgan fingerprint density at radius 1 is 0.818 bits per heavy atom. The Morgan fingerprint density at radius 2 is 1.45 bits per heavy atom. The van der Waals surface area contributed by atoms with Crippen LogP contribution in [0, 0.1) is 9.65 Å². The first-order chi connectivity index (χ1) is 16.0. The zero-order chi connectivity index (χ0) is 22.9. The fraction of sp³-hybridized carbons (Fsp3) is 0.120. The quantitative estimate of drug-likeness (QED) is 0.248. The van der Waals surface area contributed by atoms with E-state index in [1.165, 1.54) is 17.0 Å². The SMILES string of the molecule is O=C1c2ccccc2C(=O)N1CCCn1c(I)nc(-c2ccncc2)c1-c1ccc(F)cc1. The van der Waals surface area contributed by atoms with E-state index in [1.54, 1.807) is 48.8 Å². The Labute approximate surface area is 203 Å². The monoisotopic (exact) mass is 552 g/mol. The molecule has 0 unspecified atom stereocenters. The molecular formula is C25H18FIN4O2. The van der Waals surface area contributed by atoms with E-state index >= 15 is 0 Å². The third-order valence-electron chi connectivity index (χ3n) is 5.63. The van der Waals surface area contributed by atoms with E-state index in [4.69, 9.17) is 4.98 Å². The lowest BCUT2D eigenvalue weighted by molar-refractivity contribution is 0.0650. The number of carbonyl (C=O) groups is 2. The van der Waals surface area contributed by atoms with E-state index in [1.807, 2.05) is 16.7 Å². The number of hydrogen-bond acceptors (Lipinski definition) is 4. The molecule has 2 aromatic carbocycles. The van der Waals surface area contributed by atoms with Crippen molar-refractivity contribution in [1.82, 2.24) is 19.4 Å². The maximum absolute atomic E-state index is 13.6. The minimum absolute atomic E-state index is 0.257. The van der Waals surface area contributed by atoms with Gasteiger partial charge in [0.2, 0.25) is 0 Å². The second-order valence-corrected chi connectivity index (χ2v) is 8.60. The van der Waals surface area contributed by atoms with E-state index in [9.17, 15) is 14.0 Å². The molecule has 0 radical (unpaired) electrons. The van der Waals surface area contributed by atoms with Crippen LogP contribution in [0.25, 0.3) is 22.5 Å². The number of imidazole rings is 1. The van der Waals surface area contributed by atoms with Crippen LogP contribution in [-0.2, 0) is 6.54 Å². The molecule has 2 amide bonds. The lowest BCUT2D eigenvalue weighted by atomic mass is 10.1. The number of benzene rings is 2. The van der Waals surface area contributed by atoms with Crippen molar-refractivity contribution in [1.29, 1.82) is 0 Å². The normalized spacial score (nSPS) is 13.0. The van der Waals surface area contributed by atoms with Crippen LogP contribution < -0.4 is 0 Å². The van der Waals surface area contributed by atoms with Gasteiger partial charge in [0.25, 0.3) is 11.8 Å². The smallest absolute Gasteiger partial charge is 0.261 e. The fourth-order valence-corrected chi connectivity index (χ4v) is 4.79. The summed E-state index contributed by atoms with van der Waals surface area (Å²) in [4.78, 5) is 35.5. The first-order valence-electron chi connectivity index (χ1n) is 10.4. The molecular weight excluding hydrogens is 534 g/mol. The maximum Gasteiger partial charge on any atom is 0.261 e. The van der Waals surface area contributed by atoms with Crippen molar-refractivity contribution in [3.8, 4) is 22.5 Å². The summed E-state index contributed by atoms with van der Waals surface area (Å²) < 4.78 is 16.4. The number of aromatic nitrogens is 3. The zero-order valence-electron chi connectivity index (χ0n) is 17.4. The predicted molar refractivity (Wildman–Crippen MR) is 130 cm³/mol. The summed E-state index contributed by atoms with van der Waals surface area (Å²) in [6.07, 6.45) is 3.97. The first-order valence-corrected chi connectivity index (χ1v) is 11.5. The molecule has 3 heterocycles. The average Bonchev–Trinajstić information content (AvgIpc) is 3.29. The topological polar surface area (TPSA) is 68.1 Å². The predicted octanol–water partition coefficient (Wildman–Crippen LogP) is 5.04. The molecule has 0 bridgehead atoms. The van der Waals surface area contributed by atoms with Gasteiger partial charge in [0.05, 0.1) is 22.5 Å². The summed E-state index contributed by atoms with van der Waals surface area (Å²) >= 11 is 2.18. The van der Waals surface area contributed by atoms with Gasteiger partial charge in [0.1, 0.15) is 5.82 Å². The van der Waals surface area contributed by atoms with Gasteiger partial charge in [0, 0.05) is 36.6 Å². The molecule has 164 valence electrons. The van der Waals surface area contributed by atoms with E-state index in [0.717, 1.165) is 26.3 Å².